The summed E-state index contributed by atoms with van der Waals surface area (Å²) in [7, 11) is 0. The van der Waals surface area contributed by atoms with E-state index in [0.29, 0.717) is 0 Å². The first-order valence-corrected chi connectivity index (χ1v) is 11.0. The topological polar surface area (TPSA) is 12.0 Å². The van der Waals surface area contributed by atoms with Gasteiger partial charge in [0.05, 0.1) is 0 Å². The largest absolute Gasteiger partial charge is 0.316 e. The quantitative estimate of drug-likeness (QED) is 0.441. The van der Waals surface area contributed by atoms with Crippen LogP contribution in [0.15, 0.2) is 11.6 Å². The molecule has 0 radical (unpaired) electrons. The van der Waals surface area contributed by atoms with Crippen molar-refractivity contribution in [2.45, 2.75) is 114 Å². The van der Waals surface area contributed by atoms with E-state index in [0.717, 1.165) is 11.8 Å². The lowest BCUT2D eigenvalue weighted by Gasteiger charge is -2.17. The summed E-state index contributed by atoms with van der Waals surface area (Å²) >= 11 is 0. The average Bonchev–Trinajstić information content (AvgIpc) is 3.12. The van der Waals surface area contributed by atoms with E-state index in [-0.39, 0.29) is 0 Å². The molecule has 1 heteroatoms. The fraction of sp³-hybridized carbons (Fsp3) is 0.913. The molecule has 0 spiro atoms. The van der Waals surface area contributed by atoms with Crippen molar-refractivity contribution in [2.24, 2.45) is 11.8 Å². The molecule has 0 aromatic rings. The van der Waals surface area contributed by atoms with Gasteiger partial charge in [0.15, 0.2) is 0 Å². The minimum atomic E-state index is 0.987. The van der Waals surface area contributed by atoms with E-state index in [1.165, 1.54) is 70.0 Å². The van der Waals surface area contributed by atoms with Gasteiger partial charge in [-0.1, -0.05) is 92.7 Å². The van der Waals surface area contributed by atoms with Crippen molar-refractivity contribution >= 4 is 0 Å². The summed E-state index contributed by atoms with van der Waals surface area (Å²) in [6.45, 7) is 21.8. The second-order valence-electron chi connectivity index (χ2n) is 6.37. The van der Waals surface area contributed by atoms with Crippen LogP contribution < -0.4 is 5.32 Å². The predicted molar refractivity (Wildman–Crippen MR) is 116 cm³/mol. The Labute approximate surface area is 156 Å². The highest BCUT2D eigenvalue weighted by Crippen LogP contribution is 2.23. The highest BCUT2D eigenvalue weighted by atomic mass is 14.9. The van der Waals surface area contributed by atoms with E-state index in [4.69, 9.17) is 0 Å². The molecular formula is C23H51N. The smallest absolute Gasteiger partial charge is 0.00199 e. The van der Waals surface area contributed by atoms with Crippen LogP contribution in [-0.4, -0.2) is 13.1 Å². The van der Waals surface area contributed by atoms with Crippen LogP contribution >= 0.6 is 0 Å². The second kappa shape index (κ2) is 24.9. The number of nitrogens with one attached hydrogen (secondary N) is 1. The minimum absolute atomic E-state index is 0.987. The van der Waals surface area contributed by atoms with Gasteiger partial charge in [-0.05, 0) is 57.5 Å². The summed E-state index contributed by atoms with van der Waals surface area (Å²) in [5, 5.41) is 3.44. The summed E-state index contributed by atoms with van der Waals surface area (Å²) in [5.74, 6) is 1.99. The van der Waals surface area contributed by atoms with Crippen LogP contribution in [0.1, 0.15) is 114 Å². The highest BCUT2D eigenvalue weighted by molar-refractivity contribution is 4.96. The summed E-state index contributed by atoms with van der Waals surface area (Å²) < 4.78 is 0. The van der Waals surface area contributed by atoms with Gasteiger partial charge >= 0.3 is 0 Å². The molecule has 2 atom stereocenters. The van der Waals surface area contributed by atoms with E-state index >= 15 is 0 Å². The van der Waals surface area contributed by atoms with Crippen molar-refractivity contribution in [3.8, 4) is 0 Å². The molecule has 24 heavy (non-hydrogen) atoms. The zero-order chi connectivity index (χ0) is 19.2. The molecular weight excluding hydrogens is 290 g/mol. The van der Waals surface area contributed by atoms with Crippen molar-refractivity contribution in [2.75, 3.05) is 13.1 Å². The lowest BCUT2D eigenvalue weighted by atomic mass is 9.89. The van der Waals surface area contributed by atoms with Crippen molar-refractivity contribution < 1.29 is 0 Å². The normalized spacial score (nSPS) is 17.5. The number of rotatable bonds is 8. The van der Waals surface area contributed by atoms with E-state index in [9.17, 15) is 0 Å². The van der Waals surface area contributed by atoms with Gasteiger partial charge in [0.1, 0.15) is 0 Å². The molecule has 0 aromatic carbocycles. The van der Waals surface area contributed by atoms with Crippen molar-refractivity contribution in [1.29, 1.82) is 0 Å². The van der Waals surface area contributed by atoms with E-state index in [2.05, 4.69) is 46.0 Å². The van der Waals surface area contributed by atoms with Gasteiger partial charge in [0, 0.05) is 0 Å². The first kappa shape index (κ1) is 28.5. The van der Waals surface area contributed by atoms with E-state index in [1.807, 2.05) is 27.7 Å². The molecule has 0 saturated carbocycles. The molecule has 1 N–H and O–H groups in total. The third-order valence-electron chi connectivity index (χ3n) is 4.30. The summed E-state index contributed by atoms with van der Waals surface area (Å²) in [6, 6.07) is 0. The van der Waals surface area contributed by atoms with E-state index < -0.39 is 0 Å². The summed E-state index contributed by atoms with van der Waals surface area (Å²) in [5.41, 5.74) is 1.54. The van der Waals surface area contributed by atoms with Crippen molar-refractivity contribution in [1.82, 2.24) is 5.32 Å². The minimum Gasteiger partial charge on any atom is -0.316 e. The van der Waals surface area contributed by atoms with Crippen LogP contribution in [-0.2, 0) is 0 Å². The molecule has 0 aromatic heterocycles. The summed E-state index contributed by atoms with van der Waals surface area (Å²) in [6.07, 6.45) is 13.1. The molecule has 1 aliphatic rings. The Morgan fingerprint density at radius 3 is 2.04 bits per heavy atom. The van der Waals surface area contributed by atoms with Gasteiger partial charge in [-0.3, -0.25) is 0 Å². The molecule has 148 valence electrons. The van der Waals surface area contributed by atoms with Gasteiger partial charge in [0.2, 0.25) is 0 Å². The SMILES string of the molecule is CC.CC.CC/C=C(/C)CCC.CCCC(CC)CC1CCNC1. The standard InChI is InChI=1S/C11H23N.C8H16.2C2H6/c1-3-5-10(4-2)8-11-6-7-12-9-11;1-4-6-8(3)7-5-2;2*1-2/h10-12H,3-9H2,1-2H3;6H,4-5,7H2,1-3H3;2*1-2H3/b;8-6-;;. The van der Waals surface area contributed by atoms with Crippen LogP contribution in [0.2, 0.25) is 0 Å². The Kier molecular flexibility index (Phi) is 29.6. The van der Waals surface area contributed by atoms with Gasteiger partial charge in [-0.25, -0.2) is 0 Å². The molecule has 1 fully saturated rings. The molecule has 0 aliphatic carbocycles. The number of hydrogen-bond donors (Lipinski definition) is 1. The first-order valence-electron chi connectivity index (χ1n) is 11.0. The van der Waals surface area contributed by atoms with Crippen LogP contribution in [0.5, 0.6) is 0 Å². The lowest BCUT2D eigenvalue weighted by Crippen LogP contribution is -2.12. The molecule has 0 amide bonds. The zero-order valence-electron chi connectivity index (χ0n) is 18.8. The molecule has 1 aliphatic heterocycles. The predicted octanol–water partition coefficient (Wildman–Crippen LogP) is 8.01. The van der Waals surface area contributed by atoms with Crippen molar-refractivity contribution in [3.05, 3.63) is 11.6 Å². The monoisotopic (exact) mass is 341 g/mol. The molecule has 2 unspecified atom stereocenters. The highest BCUT2D eigenvalue weighted by Gasteiger charge is 2.17. The molecule has 1 nitrogen and oxygen atoms in total. The van der Waals surface area contributed by atoms with Crippen LogP contribution in [0.4, 0.5) is 0 Å². The Bertz CT molecular complexity index is 226. The second-order valence-corrected chi connectivity index (χ2v) is 6.37. The maximum absolute atomic E-state index is 3.44. The Morgan fingerprint density at radius 1 is 1.04 bits per heavy atom. The fourth-order valence-electron chi connectivity index (χ4n) is 3.13. The Hall–Kier alpha value is -0.300. The molecule has 1 saturated heterocycles. The summed E-state index contributed by atoms with van der Waals surface area (Å²) in [4.78, 5) is 0. The Balaban J connectivity index is -0.000000321. The molecule has 1 heterocycles. The molecule has 1 rings (SSSR count). The van der Waals surface area contributed by atoms with Crippen LogP contribution in [0, 0.1) is 11.8 Å². The van der Waals surface area contributed by atoms with Crippen LogP contribution in [0.3, 0.4) is 0 Å². The first-order chi connectivity index (χ1) is 11.7. The number of hydrogen-bond acceptors (Lipinski definition) is 1. The maximum Gasteiger partial charge on any atom is -0.00199 e. The van der Waals surface area contributed by atoms with Gasteiger partial charge in [0.25, 0.3) is 0 Å². The zero-order valence-corrected chi connectivity index (χ0v) is 18.8. The molecule has 0 bridgehead atoms. The average molecular weight is 342 g/mol. The third kappa shape index (κ3) is 19.7. The maximum atomic E-state index is 3.44. The van der Waals surface area contributed by atoms with Gasteiger partial charge in [-0.15, -0.1) is 0 Å². The lowest BCUT2D eigenvalue weighted by molar-refractivity contribution is 0.357. The van der Waals surface area contributed by atoms with Gasteiger partial charge in [-0.2, -0.15) is 0 Å². The fourth-order valence-corrected chi connectivity index (χ4v) is 3.13. The third-order valence-corrected chi connectivity index (χ3v) is 4.30. The van der Waals surface area contributed by atoms with Crippen molar-refractivity contribution in [3.63, 3.8) is 0 Å². The Morgan fingerprint density at radius 2 is 1.67 bits per heavy atom. The number of allylic oxidation sites excluding steroid dienone is 2. The van der Waals surface area contributed by atoms with Crippen LogP contribution in [0.25, 0.3) is 0 Å². The van der Waals surface area contributed by atoms with E-state index in [1.54, 1.807) is 0 Å². The van der Waals surface area contributed by atoms with Gasteiger partial charge < -0.3 is 5.32 Å².